The fourth-order valence-corrected chi connectivity index (χ4v) is 2.36. The second kappa shape index (κ2) is 7.61. The molecule has 0 aliphatic rings. The molecule has 2 atom stereocenters. The van der Waals surface area contributed by atoms with Crippen LogP contribution in [-0.2, 0) is 4.79 Å². The van der Waals surface area contributed by atoms with Gasteiger partial charge in [0.05, 0.1) is 0 Å². The van der Waals surface area contributed by atoms with E-state index in [9.17, 15) is 9.90 Å². The van der Waals surface area contributed by atoms with E-state index in [4.69, 9.17) is 4.74 Å². The number of nitrogens with one attached hydrogen (secondary N) is 1. The van der Waals surface area contributed by atoms with Crippen LogP contribution >= 0.6 is 0 Å². The summed E-state index contributed by atoms with van der Waals surface area (Å²) in [6.45, 7) is 2.01. The van der Waals surface area contributed by atoms with Crippen LogP contribution < -0.4 is 10.1 Å². The van der Waals surface area contributed by atoms with Gasteiger partial charge >= 0.3 is 0 Å². The van der Waals surface area contributed by atoms with Crippen molar-refractivity contribution in [3.63, 3.8) is 0 Å². The first-order chi connectivity index (χ1) is 10.7. The molecular formula is C18H21NO3. The van der Waals surface area contributed by atoms with Crippen molar-refractivity contribution in [2.75, 3.05) is 7.05 Å². The topological polar surface area (TPSA) is 58.6 Å². The first-order valence-electron chi connectivity index (χ1n) is 7.37. The molecule has 116 valence electrons. The Morgan fingerprint density at radius 3 is 2.27 bits per heavy atom. The van der Waals surface area contributed by atoms with Gasteiger partial charge in [0.25, 0.3) is 5.91 Å². The van der Waals surface area contributed by atoms with Crippen LogP contribution in [0.1, 0.15) is 36.7 Å². The SMILES string of the molecule is CCC(Oc1ccccc1)c1ccccc1C(O)C(=O)NC. The van der Waals surface area contributed by atoms with Crippen LogP contribution in [0.15, 0.2) is 54.6 Å². The lowest BCUT2D eigenvalue weighted by Gasteiger charge is -2.22. The highest BCUT2D eigenvalue weighted by molar-refractivity contribution is 5.82. The summed E-state index contributed by atoms with van der Waals surface area (Å²) in [4.78, 5) is 11.7. The third-order valence-corrected chi connectivity index (χ3v) is 3.52. The molecule has 0 aliphatic heterocycles. The predicted octanol–water partition coefficient (Wildman–Crippen LogP) is 3.00. The van der Waals surface area contributed by atoms with Crippen LogP contribution in [0.3, 0.4) is 0 Å². The van der Waals surface area contributed by atoms with Crippen molar-refractivity contribution >= 4 is 5.91 Å². The van der Waals surface area contributed by atoms with Crippen LogP contribution in [0.25, 0.3) is 0 Å². The summed E-state index contributed by atoms with van der Waals surface area (Å²) in [5.41, 5.74) is 1.40. The monoisotopic (exact) mass is 299 g/mol. The Morgan fingerprint density at radius 2 is 1.68 bits per heavy atom. The highest BCUT2D eigenvalue weighted by Crippen LogP contribution is 2.30. The number of hydrogen-bond acceptors (Lipinski definition) is 3. The minimum Gasteiger partial charge on any atom is -0.486 e. The van der Waals surface area contributed by atoms with Crippen molar-refractivity contribution in [3.8, 4) is 5.75 Å². The summed E-state index contributed by atoms with van der Waals surface area (Å²) in [6.07, 6.45) is -0.695. The Morgan fingerprint density at radius 1 is 1.09 bits per heavy atom. The number of hydrogen-bond donors (Lipinski definition) is 2. The van der Waals surface area contributed by atoms with E-state index in [1.54, 1.807) is 12.1 Å². The summed E-state index contributed by atoms with van der Waals surface area (Å²) in [5.74, 6) is 0.334. The molecule has 22 heavy (non-hydrogen) atoms. The van der Waals surface area contributed by atoms with Crippen molar-refractivity contribution in [3.05, 3.63) is 65.7 Å². The lowest BCUT2D eigenvalue weighted by atomic mass is 9.96. The molecule has 2 rings (SSSR count). The van der Waals surface area contributed by atoms with Gasteiger partial charge in [-0.3, -0.25) is 4.79 Å². The van der Waals surface area contributed by atoms with Gasteiger partial charge in [-0.2, -0.15) is 0 Å². The van der Waals surface area contributed by atoms with E-state index in [1.165, 1.54) is 7.05 Å². The number of ether oxygens (including phenoxy) is 1. The predicted molar refractivity (Wildman–Crippen MR) is 85.6 cm³/mol. The standard InChI is InChI=1S/C18H21NO3/c1-3-16(22-13-9-5-4-6-10-13)14-11-7-8-12-15(14)17(20)18(21)19-2/h4-12,16-17,20H,3H2,1-2H3,(H,19,21). The van der Waals surface area contributed by atoms with Crippen molar-refractivity contribution < 1.29 is 14.6 Å². The van der Waals surface area contributed by atoms with Gasteiger partial charge in [0.2, 0.25) is 0 Å². The summed E-state index contributed by atoms with van der Waals surface area (Å²) in [5, 5.41) is 12.7. The van der Waals surface area contributed by atoms with Crippen LogP contribution in [0.2, 0.25) is 0 Å². The van der Waals surface area contributed by atoms with Gasteiger partial charge in [0.15, 0.2) is 6.10 Å². The molecule has 0 bridgehead atoms. The Balaban J connectivity index is 2.31. The van der Waals surface area contributed by atoms with Crippen molar-refractivity contribution in [2.24, 2.45) is 0 Å². The number of carbonyl (C=O) groups is 1. The van der Waals surface area contributed by atoms with Gasteiger partial charge in [-0.05, 0) is 29.7 Å². The van der Waals surface area contributed by atoms with Crippen LogP contribution in [-0.4, -0.2) is 18.1 Å². The largest absolute Gasteiger partial charge is 0.486 e. The Labute approximate surface area is 130 Å². The molecule has 1 amide bonds. The number of rotatable bonds is 6. The lowest BCUT2D eigenvalue weighted by Crippen LogP contribution is -2.27. The van der Waals surface area contributed by atoms with Crippen LogP contribution in [0, 0.1) is 0 Å². The molecule has 2 unspecified atom stereocenters. The fraction of sp³-hybridized carbons (Fsp3) is 0.278. The molecule has 0 fully saturated rings. The average molecular weight is 299 g/mol. The first kappa shape index (κ1) is 16.0. The fourth-order valence-electron chi connectivity index (χ4n) is 2.36. The minimum absolute atomic E-state index is 0.224. The van der Waals surface area contributed by atoms with E-state index in [0.29, 0.717) is 5.56 Å². The van der Waals surface area contributed by atoms with Gasteiger partial charge in [0.1, 0.15) is 11.9 Å². The van der Waals surface area contributed by atoms with Crippen LogP contribution in [0.5, 0.6) is 5.75 Å². The lowest BCUT2D eigenvalue weighted by molar-refractivity contribution is -0.129. The molecule has 0 heterocycles. The van der Waals surface area contributed by atoms with Gasteiger partial charge in [-0.15, -0.1) is 0 Å². The molecule has 4 nitrogen and oxygen atoms in total. The summed E-state index contributed by atoms with van der Waals surface area (Å²) in [7, 11) is 1.51. The number of aliphatic hydroxyl groups is 1. The van der Waals surface area contributed by atoms with E-state index in [0.717, 1.165) is 17.7 Å². The average Bonchev–Trinajstić information content (AvgIpc) is 2.59. The van der Waals surface area contributed by atoms with E-state index in [2.05, 4.69) is 5.32 Å². The molecular weight excluding hydrogens is 278 g/mol. The molecule has 2 aromatic carbocycles. The van der Waals surface area contributed by atoms with Gasteiger partial charge < -0.3 is 15.2 Å². The molecule has 2 N–H and O–H groups in total. The number of likely N-dealkylation sites (N-methyl/N-ethyl adjacent to an activating group) is 1. The highest BCUT2D eigenvalue weighted by atomic mass is 16.5. The first-order valence-corrected chi connectivity index (χ1v) is 7.37. The molecule has 0 spiro atoms. The van der Waals surface area contributed by atoms with Gasteiger partial charge in [-0.25, -0.2) is 0 Å². The zero-order chi connectivity index (χ0) is 15.9. The van der Waals surface area contributed by atoms with E-state index in [-0.39, 0.29) is 6.10 Å². The molecule has 4 heteroatoms. The van der Waals surface area contributed by atoms with Crippen molar-refractivity contribution in [1.29, 1.82) is 0 Å². The number of amides is 1. The number of aliphatic hydroxyl groups excluding tert-OH is 1. The van der Waals surface area contributed by atoms with E-state index < -0.39 is 12.0 Å². The molecule has 0 saturated carbocycles. The number of carbonyl (C=O) groups excluding carboxylic acids is 1. The Kier molecular flexibility index (Phi) is 5.55. The van der Waals surface area contributed by atoms with Gasteiger partial charge in [-0.1, -0.05) is 49.4 Å². The Bertz CT molecular complexity index is 613. The third-order valence-electron chi connectivity index (χ3n) is 3.52. The summed E-state index contributed by atoms with van der Waals surface area (Å²) in [6, 6.07) is 16.9. The molecule has 0 aliphatic carbocycles. The normalized spacial score (nSPS) is 13.2. The highest BCUT2D eigenvalue weighted by Gasteiger charge is 2.23. The second-order valence-corrected chi connectivity index (χ2v) is 4.97. The van der Waals surface area contributed by atoms with E-state index in [1.807, 2.05) is 49.4 Å². The maximum Gasteiger partial charge on any atom is 0.253 e. The van der Waals surface area contributed by atoms with Gasteiger partial charge in [0, 0.05) is 7.05 Å². The van der Waals surface area contributed by atoms with Crippen molar-refractivity contribution in [2.45, 2.75) is 25.6 Å². The maximum absolute atomic E-state index is 11.7. The molecule has 0 aromatic heterocycles. The zero-order valence-electron chi connectivity index (χ0n) is 12.8. The molecule has 0 radical (unpaired) electrons. The number of para-hydroxylation sites is 1. The second-order valence-electron chi connectivity index (χ2n) is 4.97. The molecule has 0 saturated heterocycles. The number of benzene rings is 2. The van der Waals surface area contributed by atoms with E-state index >= 15 is 0 Å². The molecule has 2 aromatic rings. The summed E-state index contributed by atoms with van der Waals surface area (Å²) < 4.78 is 6.01. The van der Waals surface area contributed by atoms with Crippen LogP contribution in [0.4, 0.5) is 0 Å². The zero-order valence-corrected chi connectivity index (χ0v) is 12.8. The minimum atomic E-state index is -1.20. The quantitative estimate of drug-likeness (QED) is 0.862. The third kappa shape index (κ3) is 3.65. The maximum atomic E-state index is 11.7. The van der Waals surface area contributed by atoms with Crippen molar-refractivity contribution in [1.82, 2.24) is 5.32 Å². The summed E-state index contributed by atoms with van der Waals surface area (Å²) >= 11 is 0. The Hall–Kier alpha value is -2.33. The smallest absolute Gasteiger partial charge is 0.253 e.